The third kappa shape index (κ3) is 7.07. The molecular weight excluding hydrogens is 460 g/mol. The van der Waals surface area contributed by atoms with E-state index in [1.807, 2.05) is 4.68 Å². The molecule has 0 aromatic carbocycles. The van der Waals surface area contributed by atoms with Crippen molar-refractivity contribution in [2.45, 2.75) is 110 Å². The lowest BCUT2D eigenvalue weighted by molar-refractivity contribution is 0.0692. The summed E-state index contributed by atoms with van der Waals surface area (Å²) in [6.45, 7) is 16.3. The second-order valence-electron chi connectivity index (χ2n) is 12.8. The van der Waals surface area contributed by atoms with Crippen LogP contribution < -0.4 is 5.32 Å². The van der Waals surface area contributed by atoms with Gasteiger partial charge in [-0.2, -0.15) is 5.10 Å². The van der Waals surface area contributed by atoms with E-state index in [1.165, 1.54) is 32.1 Å². The molecule has 2 aromatic heterocycles. The van der Waals surface area contributed by atoms with Crippen molar-refractivity contribution in [3.8, 4) is 5.69 Å². The van der Waals surface area contributed by atoms with Gasteiger partial charge in [0.2, 0.25) is 0 Å². The summed E-state index contributed by atoms with van der Waals surface area (Å²) in [6.07, 6.45) is 6.85. The lowest BCUT2D eigenvalue weighted by Crippen LogP contribution is -2.38. The van der Waals surface area contributed by atoms with Gasteiger partial charge in [0.15, 0.2) is 5.69 Å². The third-order valence-corrected chi connectivity index (χ3v) is 7.01. The zero-order chi connectivity index (χ0) is 26.2. The average molecular weight is 503 g/mol. The molecule has 2 aromatic rings. The Balaban J connectivity index is 2.14. The Labute approximate surface area is 215 Å². The van der Waals surface area contributed by atoms with E-state index < -0.39 is 5.60 Å². The van der Waals surface area contributed by atoms with Crippen LogP contribution >= 0.6 is 11.6 Å². The van der Waals surface area contributed by atoms with E-state index in [0.717, 1.165) is 29.2 Å². The summed E-state index contributed by atoms with van der Waals surface area (Å²) >= 11 is 6.88. The number of hydrogen-bond acceptors (Lipinski definition) is 4. The highest BCUT2D eigenvalue weighted by Gasteiger charge is 2.29. The predicted molar refractivity (Wildman–Crippen MR) is 143 cm³/mol. The van der Waals surface area contributed by atoms with Gasteiger partial charge in [-0.15, -0.1) is 0 Å². The summed E-state index contributed by atoms with van der Waals surface area (Å²) in [5.74, 6) is 0.150. The first-order valence-corrected chi connectivity index (χ1v) is 13.3. The van der Waals surface area contributed by atoms with Gasteiger partial charge in [-0.3, -0.25) is 9.78 Å². The number of carbonyl (C=O) groups is 1. The third-order valence-electron chi connectivity index (χ3n) is 6.61. The fraction of sp³-hybridized carbons (Fsp3) is 0.679. The lowest BCUT2D eigenvalue weighted by Gasteiger charge is -2.26. The molecule has 1 fully saturated rings. The van der Waals surface area contributed by atoms with Gasteiger partial charge in [-0.05, 0) is 38.3 Å². The van der Waals surface area contributed by atoms with Crippen LogP contribution in [0.1, 0.15) is 115 Å². The molecule has 1 saturated carbocycles. The maximum absolute atomic E-state index is 13.1. The molecule has 0 aliphatic heterocycles. The molecule has 2 heterocycles. The molecular formula is C28H43ClN4O2. The monoisotopic (exact) mass is 502 g/mol. The molecule has 6 nitrogen and oxygen atoms in total. The highest BCUT2D eigenvalue weighted by Crippen LogP contribution is 2.34. The number of aliphatic hydroxyl groups is 1. The lowest BCUT2D eigenvalue weighted by atomic mass is 9.86. The van der Waals surface area contributed by atoms with Gasteiger partial charge in [-0.25, -0.2) is 4.68 Å². The van der Waals surface area contributed by atoms with Gasteiger partial charge < -0.3 is 10.4 Å². The second-order valence-corrected chi connectivity index (χ2v) is 13.2. The molecule has 0 unspecified atom stereocenters. The van der Waals surface area contributed by atoms with Gasteiger partial charge in [0.05, 0.1) is 22.0 Å². The first-order valence-electron chi connectivity index (χ1n) is 12.9. The normalized spacial score (nSPS) is 15.9. The molecule has 0 radical (unpaired) electrons. The number of halogens is 1. The van der Waals surface area contributed by atoms with Crippen LogP contribution in [0.5, 0.6) is 0 Å². The highest BCUT2D eigenvalue weighted by molar-refractivity contribution is 6.34. The standard InChI is InChI=1S/C28H43ClN4O2/c1-26(2,3)21-15-19(16-22(31-21)27(4,5)6)33-20(14-18-12-10-9-11-13-18)23(29)24(32-33)25(34)30-17-28(7,8)35/h15-16,18,35H,9-14,17H2,1-8H3,(H,30,34). The highest BCUT2D eigenvalue weighted by atomic mass is 35.5. The van der Waals surface area contributed by atoms with E-state index in [4.69, 9.17) is 21.7 Å². The van der Waals surface area contributed by atoms with E-state index in [9.17, 15) is 9.90 Å². The van der Waals surface area contributed by atoms with Gasteiger partial charge in [0.25, 0.3) is 5.91 Å². The number of carbonyl (C=O) groups excluding carboxylic acids is 1. The van der Waals surface area contributed by atoms with Gasteiger partial charge in [0.1, 0.15) is 0 Å². The molecule has 0 atom stereocenters. The average Bonchev–Trinajstić information content (AvgIpc) is 3.07. The molecule has 1 aliphatic carbocycles. The second kappa shape index (κ2) is 10.2. The number of nitrogens with one attached hydrogen (secondary N) is 1. The predicted octanol–water partition coefficient (Wildman–Crippen LogP) is 6.14. The topological polar surface area (TPSA) is 80.0 Å². The summed E-state index contributed by atoms with van der Waals surface area (Å²) in [5, 5.41) is 18.0. The van der Waals surface area contributed by atoms with E-state index in [-0.39, 0.29) is 29.0 Å². The quantitative estimate of drug-likeness (QED) is 0.497. The van der Waals surface area contributed by atoms with Crippen molar-refractivity contribution in [1.29, 1.82) is 0 Å². The fourth-order valence-electron chi connectivity index (χ4n) is 4.42. The van der Waals surface area contributed by atoms with Crippen molar-refractivity contribution in [3.63, 3.8) is 0 Å². The summed E-state index contributed by atoms with van der Waals surface area (Å²) in [6, 6.07) is 4.14. The molecule has 194 valence electrons. The molecule has 3 rings (SSSR count). The number of nitrogens with zero attached hydrogens (tertiary/aromatic N) is 3. The van der Waals surface area contributed by atoms with Gasteiger partial charge in [-0.1, -0.05) is 85.2 Å². The van der Waals surface area contributed by atoms with Crippen LogP contribution in [0.3, 0.4) is 0 Å². The van der Waals surface area contributed by atoms with E-state index in [1.54, 1.807) is 13.8 Å². The van der Waals surface area contributed by atoms with Crippen LogP contribution in [-0.2, 0) is 17.3 Å². The van der Waals surface area contributed by atoms with E-state index in [2.05, 4.69) is 59.0 Å². The minimum atomic E-state index is -1.02. The number of rotatable bonds is 6. The van der Waals surface area contributed by atoms with Crippen molar-refractivity contribution in [2.24, 2.45) is 5.92 Å². The van der Waals surface area contributed by atoms with E-state index in [0.29, 0.717) is 10.9 Å². The number of aromatic nitrogens is 3. The van der Waals surface area contributed by atoms with Crippen molar-refractivity contribution in [2.75, 3.05) is 6.54 Å². The number of hydrogen-bond donors (Lipinski definition) is 2. The SMILES string of the molecule is CC(C)(O)CNC(=O)c1nn(-c2cc(C(C)(C)C)nc(C(C)(C)C)c2)c(CC2CCCCC2)c1Cl. The first-order chi connectivity index (χ1) is 16.1. The van der Waals surface area contributed by atoms with Crippen molar-refractivity contribution in [3.05, 3.63) is 39.9 Å². The molecule has 1 amide bonds. The van der Waals surface area contributed by atoms with E-state index >= 15 is 0 Å². The molecule has 35 heavy (non-hydrogen) atoms. The van der Waals surface area contributed by atoms with Crippen molar-refractivity contribution < 1.29 is 9.90 Å². The van der Waals surface area contributed by atoms with Crippen molar-refractivity contribution in [1.82, 2.24) is 20.1 Å². The molecule has 0 spiro atoms. The van der Waals surface area contributed by atoms with Crippen LogP contribution in [0, 0.1) is 5.92 Å². The maximum Gasteiger partial charge on any atom is 0.273 e. The Kier molecular flexibility index (Phi) is 8.07. The van der Waals surface area contributed by atoms with Crippen LogP contribution in [0.2, 0.25) is 5.02 Å². The molecule has 0 bridgehead atoms. The molecule has 1 aliphatic rings. The Morgan fingerprint density at radius 1 is 1.03 bits per heavy atom. The fourth-order valence-corrected chi connectivity index (χ4v) is 4.70. The summed E-state index contributed by atoms with van der Waals surface area (Å²) in [7, 11) is 0. The van der Waals surface area contributed by atoms with Crippen LogP contribution in [0.15, 0.2) is 12.1 Å². The summed E-state index contributed by atoms with van der Waals surface area (Å²) < 4.78 is 1.86. The Bertz CT molecular complexity index is 1020. The largest absolute Gasteiger partial charge is 0.389 e. The van der Waals surface area contributed by atoms with Crippen LogP contribution in [0.4, 0.5) is 0 Å². The van der Waals surface area contributed by atoms with Gasteiger partial charge >= 0.3 is 0 Å². The van der Waals surface area contributed by atoms with Crippen LogP contribution in [-0.4, -0.2) is 37.9 Å². The van der Waals surface area contributed by atoms with Crippen LogP contribution in [0.25, 0.3) is 5.69 Å². The van der Waals surface area contributed by atoms with Gasteiger partial charge in [0, 0.05) is 28.8 Å². The summed E-state index contributed by atoms with van der Waals surface area (Å²) in [5.41, 5.74) is 2.58. The summed E-state index contributed by atoms with van der Waals surface area (Å²) in [4.78, 5) is 18.0. The first kappa shape index (κ1) is 27.7. The molecule has 0 saturated heterocycles. The maximum atomic E-state index is 13.1. The number of amides is 1. The Morgan fingerprint density at radius 2 is 1.57 bits per heavy atom. The minimum Gasteiger partial charge on any atom is -0.389 e. The Morgan fingerprint density at radius 3 is 2.06 bits per heavy atom. The molecule has 7 heteroatoms. The Hall–Kier alpha value is -1.92. The smallest absolute Gasteiger partial charge is 0.273 e. The molecule has 2 N–H and O–H groups in total. The minimum absolute atomic E-state index is 0.116. The number of pyridine rings is 1. The van der Waals surface area contributed by atoms with Crippen molar-refractivity contribution >= 4 is 17.5 Å². The zero-order valence-electron chi connectivity index (χ0n) is 22.8. The zero-order valence-corrected chi connectivity index (χ0v) is 23.5.